The van der Waals surface area contributed by atoms with E-state index in [1.165, 1.54) is 0 Å². The molecule has 0 amide bonds. The Morgan fingerprint density at radius 3 is 2.75 bits per heavy atom. The summed E-state index contributed by atoms with van der Waals surface area (Å²) in [5.41, 5.74) is 3.44. The van der Waals surface area contributed by atoms with E-state index in [4.69, 9.17) is 8.94 Å². The second-order valence-electron chi connectivity index (χ2n) is 3.75. The maximum Gasteiger partial charge on any atom is 0.192 e. The molecule has 3 aromatic rings. The molecule has 0 unspecified atom stereocenters. The molecule has 0 radical (unpaired) electrons. The van der Waals surface area contributed by atoms with Gasteiger partial charge >= 0.3 is 0 Å². The van der Waals surface area contributed by atoms with Crippen molar-refractivity contribution in [3.05, 3.63) is 35.9 Å². The first-order valence-electron chi connectivity index (χ1n) is 5.03. The molecule has 0 N–H and O–H groups in total. The van der Waals surface area contributed by atoms with Crippen LogP contribution in [0.1, 0.15) is 11.6 Å². The summed E-state index contributed by atoms with van der Waals surface area (Å²) in [6.07, 6.45) is 0. The zero-order chi connectivity index (χ0) is 11.1. The van der Waals surface area contributed by atoms with Gasteiger partial charge in [0.1, 0.15) is 5.52 Å². The van der Waals surface area contributed by atoms with Gasteiger partial charge in [-0.2, -0.15) is 0 Å². The highest BCUT2D eigenvalue weighted by atomic mass is 16.5. The highest BCUT2D eigenvalue weighted by molar-refractivity contribution is 5.78. The molecule has 4 heteroatoms. The van der Waals surface area contributed by atoms with Crippen LogP contribution in [-0.2, 0) is 0 Å². The number of aryl methyl sites for hydroxylation is 2. The van der Waals surface area contributed by atoms with Gasteiger partial charge < -0.3 is 8.94 Å². The van der Waals surface area contributed by atoms with Gasteiger partial charge in [0.05, 0.1) is 5.69 Å². The van der Waals surface area contributed by atoms with E-state index in [2.05, 4.69) is 10.1 Å². The molecule has 0 saturated heterocycles. The summed E-state index contributed by atoms with van der Waals surface area (Å²) in [6.45, 7) is 3.72. The molecule has 0 spiro atoms. The highest BCUT2D eigenvalue weighted by Gasteiger charge is 2.08. The van der Waals surface area contributed by atoms with Crippen molar-refractivity contribution in [2.24, 2.45) is 0 Å². The van der Waals surface area contributed by atoms with Crippen molar-refractivity contribution < 1.29 is 8.94 Å². The van der Waals surface area contributed by atoms with E-state index in [0.29, 0.717) is 5.89 Å². The third-order valence-electron chi connectivity index (χ3n) is 2.41. The lowest BCUT2D eigenvalue weighted by Crippen LogP contribution is -1.74. The maximum absolute atomic E-state index is 5.46. The zero-order valence-electron chi connectivity index (χ0n) is 9.02. The summed E-state index contributed by atoms with van der Waals surface area (Å²) in [5.74, 6) is 1.41. The highest BCUT2D eigenvalue weighted by Crippen LogP contribution is 2.25. The fourth-order valence-corrected chi connectivity index (χ4v) is 1.69. The van der Waals surface area contributed by atoms with E-state index < -0.39 is 0 Å². The fraction of sp³-hybridized carbons (Fsp3) is 0.167. The predicted octanol–water partition coefficient (Wildman–Crippen LogP) is 3.10. The van der Waals surface area contributed by atoms with Crippen LogP contribution in [0, 0.1) is 13.8 Å². The van der Waals surface area contributed by atoms with Crippen LogP contribution in [-0.4, -0.2) is 10.1 Å². The molecule has 16 heavy (non-hydrogen) atoms. The Labute approximate surface area is 91.9 Å². The zero-order valence-corrected chi connectivity index (χ0v) is 9.02. The lowest BCUT2D eigenvalue weighted by atomic mass is 10.1. The Balaban J connectivity index is 2.17. The normalized spacial score (nSPS) is 11.1. The second kappa shape index (κ2) is 3.20. The second-order valence-corrected chi connectivity index (χ2v) is 3.75. The predicted molar refractivity (Wildman–Crippen MR) is 59.0 cm³/mol. The number of hydrogen-bond acceptors (Lipinski definition) is 4. The van der Waals surface area contributed by atoms with Crippen molar-refractivity contribution in [3.63, 3.8) is 0 Å². The minimum absolute atomic E-state index is 0.668. The van der Waals surface area contributed by atoms with Gasteiger partial charge in [-0.1, -0.05) is 5.16 Å². The molecule has 80 valence electrons. The van der Waals surface area contributed by atoms with Crippen molar-refractivity contribution in [2.45, 2.75) is 13.8 Å². The Morgan fingerprint density at radius 2 is 2.00 bits per heavy atom. The summed E-state index contributed by atoms with van der Waals surface area (Å²) in [7, 11) is 0. The molecule has 0 fully saturated rings. The van der Waals surface area contributed by atoms with Crippen LogP contribution in [0.25, 0.3) is 22.4 Å². The van der Waals surface area contributed by atoms with Crippen LogP contribution in [0.5, 0.6) is 0 Å². The van der Waals surface area contributed by atoms with Crippen LogP contribution < -0.4 is 0 Å². The standard InChI is InChI=1S/C12H10N2O2/c1-7-5-11(16-14-7)9-3-4-10-12(6-9)15-8(2)13-10/h3-6H,1-2H3. The number of benzene rings is 1. The minimum Gasteiger partial charge on any atom is -0.441 e. The van der Waals surface area contributed by atoms with Crippen LogP contribution >= 0.6 is 0 Å². The van der Waals surface area contributed by atoms with E-state index in [1.807, 2.05) is 38.1 Å². The van der Waals surface area contributed by atoms with Crippen LogP contribution in [0.15, 0.2) is 33.2 Å². The smallest absolute Gasteiger partial charge is 0.192 e. The number of aromatic nitrogens is 2. The molecule has 0 aliphatic carbocycles. The Hall–Kier alpha value is -2.10. The first-order valence-corrected chi connectivity index (χ1v) is 5.03. The third-order valence-corrected chi connectivity index (χ3v) is 2.41. The number of hydrogen-bond donors (Lipinski definition) is 0. The average molecular weight is 214 g/mol. The summed E-state index contributed by atoms with van der Waals surface area (Å²) in [6, 6.07) is 7.67. The van der Waals surface area contributed by atoms with Crippen molar-refractivity contribution in [1.29, 1.82) is 0 Å². The first-order chi connectivity index (χ1) is 7.72. The van der Waals surface area contributed by atoms with Gasteiger partial charge in [-0.05, 0) is 25.1 Å². The number of rotatable bonds is 1. The van der Waals surface area contributed by atoms with Crippen molar-refractivity contribution in [1.82, 2.24) is 10.1 Å². The van der Waals surface area contributed by atoms with Crippen molar-refractivity contribution in [3.8, 4) is 11.3 Å². The maximum atomic E-state index is 5.46. The Bertz CT molecular complexity index is 652. The summed E-state index contributed by atoms with van der Waals surface area (Å²) >= 11 is 0. The molecule has 0 atom stereocenters. The van der Waals surface area contributed by atoms with E-state index >= 15 is 0 Å². The molecule has 2 heterocycles. The van der Waals surface area contributed by atoms with E-state index in [1.54, 1.807) is 0 Å². The van der Waals surface area contributed by atoms with E-state index in [0.717, 1.165) is 28.1 Å². The molecular weight excluding hydrogens is 204 g/mol. The van der Waals surface area contributed by atoms with Gasteiger partial charge in [0.2, 0.25) is 0 Å². The number of nitrogens with zero attached hydrogens (tertiary/aromatic N) is 2. The van der Waals surface area contributed by atoms with Gasteiger partial charge in [0.25, 0.3) is 0 Å². The lowest BCUT2D eigenvalue weighted by Gasteiger charge is -1.93. The fourth-order valence-electron chi connectivity index (χ4n) is 1.69. The lowest BCUT2D eigenvalue weighted by molar-refractivity contribution is 0.427. The molecule has 0 saturated carbocycles. The third kappa shape index (κ3) is 1.39. The summed E-state index contributed by atoms with van der Waals surface area (Å²) in [5, 5.41) is 3.86. The first kappa shape index (κ1) is 9.15. The largest absolute Gasteiger partial charge is 0.441 e. The number of oxazole rings is 1. The molecule has 2 aromatic heterocycles. The molecule has 0 aliphatic rings. The van der Waals surface area contributed by atoms with Gasteiger partial charge in [-0.25, -0.2) is 4.98 Å². The van der Waals surface area contributed by atoms with Crippen molar-refractivity contribution >= 4 is 11.1 Å². The van der Waals surface area contributed by atoms with Crippen LogP contribution in [0.2, 0.25) is 0 Å². The topological polar surface area (TPSA) is 52.1 Å². The molecule has 0 bridgehead atoms. The quantitative estimate of drug-likeness (QED) is 0.624. The molecule has 0 aliphatic heterocycles. The van der Waals surface area contributed by atoms with E-state index in [9.17, 15) is 0 Å². The minimum atomic E-state index is 0.668. The Kier molecular flexibility index (Phi) is 1.83. The van der Waals surface area contributed by atoms with Gasteiger partial charge in [-0.15, -0.1) is 0 Å². The molecular formula is C12H10N2O2. The average Bonchev–Trinajstić information content (AvgIpc) is 2.81. The number of fused-ring (bicyclic) bond motifs is 1. The van der Waals surface area contributed by atoms with Gasteiger partial charge in [-0.3, -0.25) is 0 Å². The summed E-state index contributed by atoms with van der Waals surface area (Å²) < 4.78 is 10.7. The van der Waals surface area contributed by atoms with Crippen LogP contribution in [0.4, 0.5) is 0 Å². The molecule has 1 aromatic carbocycles. The molecule has 3 rings (SSSR count). The van der Waals surface area contributed by atoms with Gasteiger partial charge in [0.15, 0.2) is 17.2 Å². The van der Waals surface area contributed by atoms with E-state index in [-0.39, 0.29) is 0 Å². The van der Waals surface area contributed by atoms with Crippen LogP contribution in [0.3, 0.4) is 0 Å². The SMILES string of the molecule is Cc1cc(-c2ccc3nc(C)oc3c2)on1. The Morgan fingerprint density at radius 1 is 1.12 bits per heavy atom. The summed E-state index contributed by atoms with van der Waals surface area (Å²) in [4.78, 5) is 4.24. The molecule has 4 nitrogen and oxygen atoms in total. The van der Waals surface area contributed by atoms with Crippen molar-refractivity contribution in [2.75, 3.05) is 0 Å². The van der Waals surface area contributed by atoms with Gasteiger partial charge in [0, 0.05) is 18.6 Å². The monoisotopic (exact) mass is 214 g/mol.